The maximum atomic E-state index is 5.86. The van der Waals surface area contributed by atoms with Crippen molar-refractivity contribution in [2.24, 2.45) is 0 Å². The van der Waals surface area contributed by atoms with Crippen LogP contribution >= 0.6 is 23.4 Å². The predicted octanol–water partition coefficient (Wildman–Crippen LogP) is 3.92. The first kappa shape index (κ1) is 13.7. The van der Waals surface area contributed by atoms with Gasteiger partial charge in [0.25, 0.3) is 0 Å². The summed E-state index contributed by atoms with van der Waals surface area (Å²) < 4.78 is 0. The SMILES string of the molecule is CSCC(C)N(C)c1ccc(CCl)c(C)c1. The lowest BCUT2D eigenvalue weighted by molar-refractivity contribution is 0.765. The van der Waals surface area contributed by atoms with E-state index in [2.05, 4.69) is 50.2 Å². The zero-order valence-corrected chi connectivity index (χ0v) is 12.0. The molecule has 0 radical (unpaired) electrons. The first-order valence-corrected chi connectivity index (χ1v) is 7.40. The number of rotatable bonds is 5. The quantitative estimate of drug-likeness (QED) is 0.736. The van der Waals surface area contributed by atoms with Gasteiger partial charge in [0, 0.05) is 30.4 Å². The van der Waals surface area contributed by atoms with E-state index in [0.29, 0.717) is 11.9 Å². The van der Waals surface area contributed by atoms with Gasteiger partial charge in [-0.05, 0) is 43.4 Å². The molecule has 90 valence electrons. The number of alkyl halides is 1. The highest BCUT2D eigenvalue weighted by molar-refractivity contribution is 7.98. The molecule has 3 heteroatoms. The molecule has 0 saturated carbocycles. The molecule has 0 aromatic heterocycles. The third-order valence-corrected chi connectivity index (χ3v) is 4.05. The van der Waals surface area contributed by atoms with E-state index < -0.39 is 0 Å². The van der Waals surface area contributed by atoms with Gasteiger partial charge in [-0.2, -0.15) is 11.8 Å². The highest BCUT2D eigenvalue weighted by atomic mass is 35.5. The molecule has 1 nitrogen and oxygen atoms in total. The number of nitrogens with zero attached hydrogens (tertiary/aromatic N) is 1. The number of hydrogen-bond donors (Lipinski definition) is 0. The second-order valence-electron chi connectivity index (χ2n) is 4.16. The van der Waals surface area contributed by atoms with Crippen molar-refractivity contribution in [2.45, 2.75) is 25.8 Å². The minimum atomic E-state index is 0.552. The molecule has 0 saturated heterocycles. The minimum absolute atomic E-state index is 0.552. The van der Waals surface area contributed by atoms with E-state index in [1.165, 1.54) is 16.8 Å². The molecule has 0 heterocycles. The van der Waals surface area contributed by atoms with Crippen molar-refractivity contribution in [3.05, 3.63) is 29.3 Å². The molecule has 0 amide bonds. The lowest BCUT2D eigenvalue weighted by Crippen LogP contribution is -2.30. The van der Waals surface area contributed by atoms with Crippen LogP contribution in [-0.2, 0) is 5.88 Å². The molecule has 16 heavy (non-hydrogen) atoms. The van der Waals surface area contributed by atoms with E-state index in [1.807, 2.05) is 11.8 Å². The van der Waals surface area contributed by atoms with E-state index in [0.717, 1.165) is 5.75 Å². The molecule has 1 atom stereocenters. The number of halogens is 1. The second kappa shape index (κ2) is 6.41. The monoisotopic (exact) mass is 257 g/mol. The first-order chi connectivity index (χ1) is 7.60. The summed E-state index contributed by atoms with van der Waals surface area (Å²) in [5, 5.41) is 0. The maximum Gasteiger partial charge on any atom is 0.0476 e. The molecule has 0 aliphatic heterocycles. The lowest BCUT2D eigenvalue weighted by Gasteiger charge is -2.27. The Labute approximate surface area is 108 Å². The van der Waals surface area contributed by atoms with Gasteiger partial charge in [-0.1, -0.05) is 6.07 Å². The summed E-state index contributed by atoms with van der Waals surface area (Å²) >= 11 is 7.74. The lowest BCUT2D eigenvalue weighted by atomic mass is 10.1. The average Bonchev–Trinajstić information content (AvgIpc) is 2.28. The fourth-order valence-electron chi connectivity index (χ4n) is 1.66. The molecule has 0 N–H and O–H groups in total. The van der Waals surface area contributed by atoms with Gasteiger partial charge in [0.2, 0.25) is 0 Å². The molecule has 1 rings (SSSR count). The van der Waals surface area contributed by atoms with Gasteiger partial charge in [-0.25, -0.2) is 0 Å². The highest BCUT2D eigenvalue weighted by Crippen LogP contribution is 2.21. The highest BCUT2D eigenvalue weighted by Gasteiger charge is 2.10. The van der Waals surface area contributed by atoms with Gasteiger partial charge in [0.05, 0.1) is 0 Å². The van der Waals surface area contributed by atoms with E-state index >= 15 is 0 Å². The van der Waals surface area contributed by atoms with Crippen LogP contribution in [0.5, 0.6) is 0 Å². The van der Waals surface area contributed by atoms with Crippen LogP contribution in [0.1, 0.15) is 18.1 Å². The van der Waals surface area contributed by atoms with Gasteiger partial charge < -0.3 is 4.90 Å². The Kier molecular flexibility index (Phi) is 5.50. The van der Waals surface area contributed by atoms with Gasteiger partial charge in [0.15, 0.2) is 0 Å². The zero-order chi connectivity index (χ0) is 12.1. The number of aryl methyl sites for hydroxylation is 1. The number of anilines is 1. The molecular weight excluding hydrogens is 238 g/mol. The summed E-state index contributed by atoms with van der Waals surface area (Å²) in [5.74, 6) is 1.74. The normalized spacial score (nSPS) is 12.6. The Balaban J connectivity index is 2.84. The Morgan fingerprint density at radius 2 is 2.12 bits per heavy atom. The van der Waals surface area contributed by atoms with Crippen LogP contribution in [-0.4, -0.2) is 25.1 Å². The largest absolute Gasteiger partial charge is 0.371 e. The fraction of sp³-hybridized carbons (Fsp3) is 0.538. The molecule has 0 aliphatic carbocycles. The van der Waals surface area contributed by atoms with Crippen molar-refractivity contribution in [3.8, 4) is 0 Å². The standard InChI is InChI=1S/C13H20ClNS/c1-10-7-13(6-5-12(10)8-14)15(3)11(2)9-16-4/h5-7,11H,8-9H2,1-4H3. The molecule has 0 aliphatic rings. The van der Waals surface area contributed by atoms with E-state index in [-0.39, 0.29) is 0 Å². The molecule has 0 fully saturated rings. The summed E-state index contributed by atoms with van der Waals surface area (Å²) in [5.41, 5.74) is 3.76. The Bertz CT molecular complexity index is 341. The van der Waals surface area contributed by atoms with Crippen LogP contribution in [0, 0.1) is 6.92 Å². The summed E-state index contributed by atoms with van der Waals surface area (Å²) in [6.07, 6.45) is 2.15. The Morgan fingerprint density at radius 3 is 2.62 bits per heavy atom. The van der Waals surface area contributed by atoms with Crippen LogP contribution in [0.4, 0.5) is 5.69 Å². The van der Waals surface area contributed by atoms with Gasteiger partial charge in [-0.3, -0.25) is 0 Å². The minimum Gasteiger partial charge on any atom is -0.371 e. The molecular formula is C13H20ClNS. The van der Waals surface area contributed by atoms with Crippen molar-refractivity contribution in [3.63, 3.8) is 0 Å². The van der Waals surface area contributed by atoms with Crippen molar-refractivity contribution < 1.29 is 0 Å². The van der Waals surface area contributed by atoms with Crippen molar-refractivity contribution in [2.75, 3.05) is 24.0 Å². The average molecular weight is 258 g/mol. The van der Waals surface area contributed by atoms with E-state index in [1.54, 1.807) is 0 Å². The predicted molar refractivity (Wildman–Crippen MR) is 77.0 cm³/mol. The Morgan fingerprint density at radius 1 is 1.44 bits per heavy atom. The van der Waals surface area contributed by atoms with Crippen LogP contribution in [0.2, 0.25) is 0 Å². The maximum absolute atomic E-state index is 5.86. The topological polar surface area (TPSA) is 3.24 Å². The van der Waals surface area contributed by atoms with Gasteiger partial charge >= 0.3 is 0 Å². The number of benzene rings is 1. The van der Waals surface area contributed by atoms with Crippen molar-refractivity contribution >= 4 is 29.1 Å². The second-order valence-corrected chi connectivity index (χ2v) is 5.34. The fourth-order valence-corrected chi connectivity index (χ4v) is 2.66. The summed E-state index contributed by atoms with van der Waals surface area (Å²) in [4.78, 5) is 2.32. The zero-order valence-electron chi connectivity index (χ0n) is 10.5. The summed E-state index contributed by atoms with van der Waals surface area (Å²) in [6, 6.07) is 7.05. The van der Waals surface area contributed by atoms with Crippen LogP contribution in [0.15, 0.2) is 18.2 Å². The third kappa shape index (κ3) is 3.33. The molecule has 1 aromatic carbocycles. The van der Waals surface area contributed by atoms with Crippen LogP contribution in [0.3, 0.4) is 0 Å². The smallest absolute Gasteiger partial charge is 0.0476 e. The van der Waals surface area contributed by atoms with Gasteiger partial charge in [-0.15, -0.1) is 11.6 Å². The van der Waals surface area contributed by atoms with Crippen molar-refractivity contribution in [1.82, 2.24) is 0 Å². The summed E-state index contributed by atoms with van der Waals surface area (Å²) in [6.45, 7) is 4.37. The third-order valence-electron chi connectivity index (χ3n) is 2.95. The molecule has 0 bridgehead atoms. The number of hydrogen-bond acceptors (Lipinski definition) is 2. The van der Waals surface area contributed by atoms with Crippen LogP contribution < -0.4 is 4.90 Å². The molecule has 1 aromatic rings. The Hall–Kier alpha value is -0.340. The molecule has 0 spiro atoms. The van der Waals surface area contributed by atoms with E-state index in [4.69, 9.17) is 11.6 Å². The summed E-state index contributed by atoms with van der Waals surface area (Å²) in [7, 11) is 2.15. The number of thioether (sulfide) groups is 1. The van der Waals surface area contributed by atoms with Crippen LogP contribution in [0.25, 0.3) is 0 Å². The van der Waals surface area contributed by atoms with Crippen molar-refractivity contribution in [1.29, 1.82) is 0 Å². The van der Waals surface area contributed by atoms with Gasteiger partial charge in [0.1, 0.15) is 0 Å². The van der Waals surface area contributed by atoms with E-state index in [9.17, 15) is 0 Å². The molecule has 1 unspecified atom stereocenters. The first-order valence-electron chi connectivity index (χ1n) is 5.47.